The molecule has 1 aliphatic rings. The number of ether oxygens (including phenoxy) is 1. The molecule has 1 unspecified atom stereocenters. The normalized spacial score (nSPS) is 15.0. The summed E-state index contributed by atoms with van der Waals surface area (Å²) in [6.07, 6.45) is -2.79. The Labute approximate surface area is 315 Å². The van der Waals surface area contributed by atoms with Crippen LogP contribution >= 0.6 is 0 Å². The maximum atomic E-state index is 14.6. The number of benzene rings is 3. The van der Waals surface area contributed by atoms with Gasteiger partial charge in [0.1, 0.15) is 18.0 Å². The lowest BCUT2D eigenvalue weighted by Gasteiger charge is -2.46. The molecule has 3 aromatic carbocycles. The molecule has 1 saturated heterocycles. The topological polar surface area (TPSA) is 101 Å². The number of carbonyl (C=O) groups is 1. The van der Waals surface area contributed by atoms with E-state index >= 15 is 0 Å². The van der Waals surface area contributed by atoms with Crippen molar-refractivity contribution in [2.75, 3.05) is 20.2 Å². The van der Waals surface area contributed by atoms with Crippen LogP contribution in [0.25, 0.3) is 22.2 Å². The zero-order chi connectivity index (χ0) is 39.5. The SMILES string of the molecule is COC(O)C(C)(C)N1CCC(N(Cc2ccc(-c3ccc(C(F)(F)F)cc3)cc2)C(=O)Cn2c(CCc3cccc(F)c3F)nc(=O)c3cccnc32)CC1. The number of alkyl halides is 3. The van der Waals surface area contributed by atoms with Crippen molar-refractivity contribution in [1.82, 2.24) is 24.3 Å². The summed E-state index contributed by atoms with van der Waals surface area (Å²) in [5.74, 6) is -2.09. The van der Waals surface area contributed by atoms with Crippen LogP contribution in [0.2, 0.25) is 0 Å². The van der Waals surface area contributed by atoms with Crippen LogP contribution < -0.4 is 5.56 Å². The number of piperidine rings is 1. The van der Waals surface area contributed by atoms with E-state index in [9.17, 15) is 36.6 Å². The number of hydrogen-bond donors (Lipinski definition) is 1. The number of aryl methyl sites for hydroxylation is 2. The Hall–Kier alpha value is -5.05. The molecule has 2 aromatic heterocycles. The number of amides is 1. The molecular weight excluding hydrogens is 721 g/mol. The van der Waals surface area contributed by atoms with Gasteiger partial charge in [-0.25, -0.2) is 13.8 Å². The molecule has 55 heavy (non-hydrogen) atoms. The molecule has 6 rings (SSSR count). The minimum Gasteiger partial charge on any atom is -0.366 e. The predicted octanol–water partition coefficient (Wildman–Crippen LogP) is 6.78. The van der Waals surface area contributed by atoms with Crippen LogP contribution in [0, 0.1) is 11.6 Å². The van der Waals surface area contributed by atoms with Crippen LogP contribution in [0.3, 0.4) is 0 Å². The molecule has 0 saturated carbocycles. The lowest BCUT2D eigenvalue weighted by molar-refractivity contribution is -0.166. The number of aliphatic hydroxyl groups excluding tert-OH is 1. The van der Waals surface area contributed by atoms with Gasteiger partial charge in [-0.3, -0.25) is 14.5 Å². The van der Waals surface area contributed by atoms with Crippen molar-refractivity contribution in [1.29, 1.82) is 0 Å². The molecule has 0 radical (unpaired) electrons. The summed E-state index contributed by atoms with van der Waals surface area (Å²) in [4.78, 5) is 40.3. The minimum atomic E-state index is -4.44. The Kier molecular flexibility index (Phi) is 11.8. The third kappa shape index (κ3) is 8.77. The number of aromatic nitrogens is 3. The first-order valence-electron chi connectivity index (χ1n) is 18.0. The fourth-order valence-electron chi connectivity index (χ4n) is 7.18. The number of rotatable bonds is 12. The van der Waals surface area contributed by atoms with Crippen LogP contribution in [-0.4, -0.2) is 73.4 Å². The van der Waals surface area contributed by atoms with E-state index in [1.54, 1.807) is 33.7 Å². The van der Waals surface area contributed by atoms with Gasteiger partial charge in [0.25, 0.3) is 5.56 Å². The van der Waals surface area contributed by atoms with Crippen molar-refractivity contribution in [3.63, 3.8) is 0 Å². The number of methoxy groups -OCH3 is 1. The second-order valence-electron chi connectivity index (χ2n) is 14.3. The molecular formula is C41H42F5N5O4. The molecule has 3 heterocycles. The van der Waals surface area contributed by atoms with Crippen LogP contribution in [0.1, 0.15) is 49.2 Å². The Morgan fingerprint density at radius 2 is 1.60 bits per heavy atom. The van der Waals surface area contributed by atoms with Gasteiger partial charge in [0, 0.05) is 45.4 Å². The van der Waals surface area contributed by atoms with Gasteiger partial charge >= 0.3 is 6.18 Å². The fourth-order valence-corrected chi connectivity index (χ4v) is 7.18. The average molecular weight is 764 g/mol. The molecule has 14 heteroatoms. The Morgan fingerprint density at radius 3 is 2.24 bits per heavy atom. The van der Waals surface area contributed by atoms with E-state index in [2.05, 4.69) is 14.9 Å². The van der Waals surface area contributed by atoms with Crippen molar-refractivity contribution in [2.45, 2.75) is 76.7 Å². The first kappa shape index (κ1) is 39.6. The number of nitrogens with zero attached hydrogens (tertiary/aromatic N) is 5. The van der Waals surface area contributed by atoms with Gasteiger partial charge < -0.3 is 19.3 Å². The van der Waals surface area contributed by atoms with E-state index in [4.69, 9.17) is 4.74 Å². The summed E-state index contributed by atoms with van der Waals surface area (Å²) in [6, 6.07) is 19.0. The highest BCUT2D eigenvalue weighted by Gasteiger charge is 2.39. The molecule has 0 spiro atoms. The maximum Gasteiger partial charge on any atom is 0.416 e. The van der Waals surface area contributed by atoms with Gasteiger partial charge in [-0.15, -0.1) is 0 Å². The van der Waals surface area contributed by atoms with Gasteiger partial charge in [0.15, 0.2) is 17.9 Å². The zero-order valence-electron chi connectivity index (χ0n) is 30.7. The Morgan fingerprint density at radius 1 is 0.945 bits per heavy atom. The molecule has 290 valence electrons. The monoisotopic (exact) mass is 763 g/mol. The average Bonchev–Trinajstić information content (AvgIpc) is 3.18. The molecule has 1 N–H and O–H groups in total. The number of hydrogen-bond acceptors (Lipinski definition) is 7. The van der Waals surface area contributed by atoms with Gasteiger partial charge in [0.05, 0.1) is 16.5 Å². The quantitative estimate of drug-likeness (QED) is 0.111. The lowest BCUT2D eigenvalue weighted by Crippen LogP contribution is -2.58. The second kappa shape index (κ2) is 16.4. The van der Waals surface area contributed by atoms with Crippen LogP contribution in [-0.2, 0) is 41.6 Å². The minimum absolute atomic E-state index is 0.0130. The van der Waals surface area contributed by atoms with E-state index in [0.29, 0.717) is 37.1 Å². The highest BCUT2D eigenvalue weighted by Crippen LogP contribution is 2.32. The van der Waals surface area contributed by atoms with Crippen molar-refractivity contribution in [3.05, 3.63) is 130 Å². The Bertz CT molecular complexity index is 2180. The van der Waals surface area contributed by atoms with Crippen molar-refractivity contribution < 1.29 is 36.6 Å². The summed E-state index contributed by atoms with van der Waals surface area (Å²) in [5, 5.41) is 10.7. The summed E-state index contributed by atoms with van der Waals surface area (Å²) in [6.45, 7) is 4.85. The fraction of sp³-hybridized carbons (Fsp3) is 0.366. The van der Waals surface area contributed by atoms with Crippen LogP contribution in [0.15, 0.2) is 89.9 Å². The predicted molar refractivity (Wildman–Crippen MR) is 197 cm³/mol. The standard InChI is InChI=1S/C41H42F5N5O4/c1-40(2,39(54)55-3)49-22-19-31(20-23-49)50(24-26-9-11-27(12-10-26)28-13-16-30(17-14-28)41(44,45)46)35(52)25-51-34(18-15-29-6-4-8-33(42)36(29)43)48-38(53)32-7-5-21-47-37(32)51/h4-14,16-17,21,31,39,54H,15,18-20,22-25H2,1-3H3. The lowest BCUT2D eigenvalue weighted by atomic mass is 9.94. The maximum absolute atomic E-state index is 14.6. The second-order valence-corrected chi connectivity index (χ2v) is 14.3. The third-order valence-corrected chi connectivity index (χ3v) is 10.5. The first-order valence-corrected chi connectivity index (χ1v) is 18.0. The van der Waals surface area contributed by atoms with Crippen LogP contribution in [0.5, 0.6) is 0 Å². The first-order chi connectivity index (χ1) is 26.2. The van der Waals surface area contributed by atoms with Gasteiger partial charge in [0.2, 0.25) is 5.91 Å². The number of pyridine rings is 1. The highest BCUT2D eigenvalue weighted by atomic mass is 19.4. The van der Waals surface area contributed by atoms with Crippen molar-refractivity contribution in [3.8, 4) is 11.1 Å². The molecule has 9 nitrogen and oxygen atoms in total. The molecule has 0 aliphatic carbocycles. The van der Waals surface area contributed by atoms with Crippen molar-refractivity contribution >= 4 is 16.9 Å². The van der Waals surface area contributed by atoms with E-state index < -0.39 is 40.8 Å². The van der Waals surface area contributed by atoms with E-state index in [1.165, 1.54) is 37.6 Å². The highest BCUT2D eigenvalue weighted by molar-refractivity contribution is 5.80. The number of carbonyl (C=O) groups excluding carboxylic acids is 1. The summed E-state index contributed by atoms with van der Waals surface area (Å²) in [5.41, 5.74) is 0.447. The summed E-state index contributed by atoms with van der Waals surface area (Å²) in [7, 11) is 1.44. The smallest absolute Gasteiger partial charge is 0.366 e. The molecule has 5 aromatic rings. The third-order valence-electron chi connectivity index (χ3n) is 10.5. The van der Waals surface area contributed by atoms with E-state index in [0.717, 1.165) is 23.8 Å². The number of likely N-dealkylation sites (tertiary alicyclic amines) is 1. The molecule has 1 amide bonds. The summed E-state index contributed by atoms with van der Waals surface area (Å²) >= 11 is 0. The summed E-state index contributed by atoms with van der Waals surface area (Å²) < 4.78 is 74.8. The van der Waals surface area contributed by atoms with Gasteiger partial charge in [-0.05, 0) is 85.7 Å². The Balaban J connectivity index is 1.30. The van der Waals surface area contributed by atoms with E-state index in [1.807, 2.05) is 26.0 Å². The largest absolute Gasteiger partial charge is 0.416 e. The van der Waals surface area contributed by atoms with Gasteiger partial charge in [-0.1, -0.05) is 48.5 Å². The van der Waals surface area contributed by atoms with Crippen LogP contribution in [0.4, 0.5) is 22.0 Å². The molecule has 0 bridgehead atoms. The molecule has 1 atom stereocenters. The van der Waals surface area contributed by atoms with Gasteiger partial charge in [-0.2, -0.15) is 18.2 Å². The van der Waals surface area contributed by atoms with Crippen molar-refractivity contribution in [2.24, 2.45) is 0 Å². The molecule has 1 aliphatic heterocycles. The number of aliphatic hydroxyl groups is 1. The zero-order valence-corrected chi connectivity index (χ0v) is 30.7. The molecule has 1 fully saturated rings. The number of halogens is 5. The number of fused-ring (bicyclic) bond motifs is 1. The van der Waals surface area contributed by atoms with E-state index in [-0.39, 0.29) is 60.3 Å².